The molecular formula is C4H9N4+. The molecule has 4 heteroatoms. The molecule has 1 aliphatic rings. The van der Waals surface area contributed by atoms with E-state index in [0.29, 0.717) is 0 Å². The first-order valence-corrected chi connectivity index (χ1v) is 2.49. The number of nitrogens with one attached hydrogen (secondary N) is 1. The van der Waals surface area contributed by atoms with Crippen molar-refractivity contribution in [1.29, 1.82) is 0 Å². The zero-order valence-electron chi connectivity index (χ0n) is 5.05. The van der Waals surface area contributed by atoms with Crippen molar-refractivity contribution in [1.82, 2.24) is 5.53 Å². The van der Waals surface area contributed by atoms with E-state index in [9.17, 15) is 0 Å². The van der Waals surface area contributed by atoms with Crippen LogP contribution in [0, 0.1) is 0 Å². The lowest BCUT2D eigenvalue weighted by molar-refractivity contribution is -0.560. The zero-order chi connectivity index (χ0) is 5.98. The Morgan fingerprint density at radius 1 is 1.75 bits per heavy atom. The van der Waals surface area contributed by atoms with E-state index in [1.54, 1.807) is 4.70 Å². The molecule has 0 aromatic rings. The molecule has 0 aromatic heterocycles. The third-order valence-corrected chi connectivity index (χ3v) is 0.914. The van der Waals surface area contributed by atoms with Crippen molar-refractivity contribution in [2.24, 2.45) is 10.3 Å². The molecule has 0 spiro atoms. The summed E-state index contributed by atoms with van der Waals surface area (Å²) in [7, 11) is 1.89. The van der Waals surface area contributed by atoms with Crippen molar-refractivity contribution in [2.75, 3.05) is 13.6 Å². The van der Waals surface area contributed by atoms with Crippen molar-refractivity contribution < 1.29 is 4.70 Å². The first kappa shape index (κ1) is 5.21. The topological polar surface area (TPSA) is 39.8 Å². The average molecular weight is 113 g/mol. The molecule has 1 heterocycles. The van der Waals surface area contributed by atoms with Crippen molar-refractivity contribution >= 4 is 5.71 Å². The molecule has 1 rings (SSSR count). The number of hydrogen-bond donors (Lipinski definition) is 1. The maximum Gasteiger partial charge on any atom is 0.148 e. The van der Waals surface area contributed by atoms with Crippen LogP contribution in [0.1, 0.15) is 6.92 Å². The highest BCUT2D eigenvalue weighted by atomic mass is 15.6. The lowest BCUT2D eigenvalue weighted by Gasteiger charge is -1.99. The summed E-state index contributed by atoms with van der Waals surface area (Å²) in [5.41, 5.74) is 3.58. The molecular weight excluding hydrogens is 104 g/mol. The Kier molecular flexibility index (Phi) is 1.24. The number of hydrazone groups is 1. The summed E-state index contributed by atoms with van der Waals surface area (Å²) in [5.74, 6) is 0. The van der Waals surface area contributed by atoms with Gasteiger partial charge in [0.05, 0.1) is 7.05 Å². The zero-order valence-corrected chi connectivity index (χ0v) is 5.05. The van der Waals surface area contributed by atoms with E-state index in [2.05, 4.69) is 15.9 Å². The van der Waals surface area contributed by atoms with Crippen LogP contribution in [0.15, 0.2) is 10.3 Å². The van der Waals surface area contributed by atoms with E-state index < -0.39 is 0 Å². The highest BCUT2D eigenvalue weighted by Crippen LogP contribution is 1.82. The minimum Gasteiger partial charge on any atom is -0.164 e. The molecule has 4 nitrogen and oxygen atoms in total. The molecule has 44 valence electrons. The smallest absolute Gasteiger partial charge is 0.148 e. The molecule has 0 saturated carbocycles. The van der Waals surface area contributed by atoms with Crippen LogP contribution in [-0.2, 0) is 0 Å². The summed E-state index contributed by atoms with van der Waals surface area (Å²) in [5, 5.41) is 7.61. The fraction of sp³-hybridized carbons (Fsp3) is 0.750. The van der Waals surface area contributed by atoms with Crippen LogP contribution < -0.4 is 5.53 Å². The molecule has 0 fully saturated rings. The maximum absolute atomic E-state index is 3.84. The van der Waals surface area contributed by atoms with E-state index in [1.807, 2.05) is 14.0 Å². The van der Waals surface area contributed by atoms with Crippen molar-refractivity contribution in [3.05, 3.63) is 0 Å². The predicted octanol–water partition coefficient (Wildman–Crippen LogP) is -0.0250. The van der Waals surface area contributed by atoms with Gasteiger partial charge in [0.25, 0.3) is 0 Å². The largest absolute Gasteiger partial charge is 0.164 e. The lowest BCUT2D eigenvalue weighted by atomic mass is 10.4. The molecule has 1 aliphatic heterocycles. The summed E-state index contributed by atoms with van der Waals surface area (Å²) in [4.78, 5) is 0. The summed E-state index contributed by atoms with van der Waals surface area (Å²) < 4.78 is 1.79. The summed E-state index contributed by atoms with van der Waals surface area (Å²) in [6.07, 6.45) is 0. The molecule has 0 bridgehead atoms. The SMILES string of the molecule is CC1=NNN=[N+](C)C1. The molecule has 0 saturated heterocycles. The Morgan fingerprint density at radius 2 is 2.50 bits per heavy atom. The minimum atomic E-state index is 0.826. The Morgan fingerprint density at radius 3 is 2.88 bits per heavy atom. The molecule has 0 unspecified atom stereocenters. The number of nitrogens with zero attached hydrogens (tertiary/aromatic N) is 3. The van der Waals surface area contributed by atoms with Gasteiger partial charge in [0.15, 0.2) is 0 Å². The Hall–Kier alpha value is -0.930. The van der Waals surface area contributed by atoms with E-state index >= 15 is 0 Å². The molecule has 8 heavy (non-hydrogen) atoms. The maximum atomic E-state index is 3.84. The second kappa shape index (κ2) is 1.90. The first-order valence-electron chi connectivity index (χ1n) is 2.49. The molecule has 0 aromatic carbocycles. The quantitative estimate of drug-likeness (QED) is 0.440. The van der Waals surface area contributed by atoms with Gasteiger partial charge in [0.2, 0.25) is 0 Å². The predicted molar refractivity (Wildman–Crippen MR) is 29.7 cm³/mol. The summed E-state index contributed by atoms with van der Waals surface area (Å²) in [6.45, 7) is 2.78. The number of hydrogen-bond acceptors (Lipinski definition) is 3. The second-order valence-electron chi connectivity index (χ2n) is 1.86. The molecule has 1 N–H and O–H groups in total. The molecule has 0 radical (unpaired) electrons. The van der Waals surface area contributed by atoms with Crippen LogP contribution in [0.25, 0.3) is 0 Å². The van der Waals surface area contributed by atoms with Gasteiger partial charge in [0, 0.05) is 0 Å². The van der Waals surface area contributed by atoms with Crippen LogP contribution in [0.4, 0.5) is 0 Å². The monoisotopic (exact) mass is 113 g/mol. The van der Waals surface area contributed by atoms with E-state index in [-0.39, 0.29) is 0 Å². The van der Waals surface area contributed by atoms with Crippen molar-refractivity contribution in [3.8, 4) is 0 Å². The fourth-order valence-corrected chi connectivity index (χ4v) is 0.586. The van der Waals surface area contributed by atoms with E-state index in [0.717, 1.165) is 12.3 Å². The molecule has 0 atom stereocenters. The minimum absolute atomic E-state index is 0.826. The van der Waals surface area contributed by atoms with Gasteiger partial charge in [-0.1, -0.05) is 10.6 Å². The number of rotatable bonds is 0. The van der Waals surface area contributed by atoms with Crippen LogP contribution in [-0.4, -0.2) is 24.0 Å². The van der Waals surface area contributed by atoms with Crippen LogP contribution in [0.2, 0.25) is 0 Å². The normalized spacial score (nSPS) is 18.8. The molecule has 0 aliphatic carbocycles. The van der Waals surface area contributed by atoms with E-state index in [1.165, 1.54) is 0 Å². The Labute approximate surface area is 47.9 Å². The van der Waals surface area contributed by atoms with Crippen LogP contribution >= 0.6 is 0 Å². The molecule has 0 amide bonds. The average Bonchev–Trinajstić information content (AvgIpc) is 1.64. The van der Waals surface area contributed by atoms with Gasteiger partial charge in [-0.15, -0.1) is 0 Å². The third-order valence-electron chi connectivity index (χ3n) is 0.914. The van der Waals surface area contributed by atoms with Gasteiger partial charge in [0.1, 0.15) is 17.5 Å². The second-order valence-corrected chi connectivity index (χ2v) is 1.86. The van der Waals surface area contributed by atoms with E-state index in [4.69, 9.17) is 0 Å². The fourth-order valence-electron chi connectivity index (χ4n) is 0.586. The highest BCUT2D eigenvalue weighted by Gasteiger charge is 2.03. The standard InChI is InChI=1S/C4H8N4/c1-4-3-8(2)7-6-5-4/h3H2,1-2H3/p+1. The van der Waals surface area contributed by atoms with Gasteiger partial charge in [-0.2, -0.15) is 4.70 Å². The Bertz CT molecular complexity index is 130. The van der Waals surface area contributed by atoms with Gasteiger partial charge in [-0.25, -0.2) is 0 Å². The Balaban J connectivity index is 2.57. The van der Waals surface area contributed by atoms with Crippen molar-refractivity contribution in [2.45, 2.75) is 6.92 Å². The van der Waals surface area contributed by atoms with Crippen LogP contribution in [0.5, 0.6) is 0 Å². The van der Waals surface area contributed by atoms with Gasteiger partial charge < -0.3 is 0 Å². The summed E-state index contributed by atoms with van der Waals surface area (Å²) >= 11 is 0. The van der Waals surface area contributed by atoms with Gasteiger partial charge in [-0.05, 0) is 6.92 Å². The highest BCUT2D eigenvalue weighted by molar-refractivity contribution is 5.82. The van der Waals surface area contributed by atoms with Crippen molar-refractivity contribution in [3.63, 3.8) is 0 Å². The van der Waals surface area contributed by atoms with Gasteiger partial charge in [-0.3, -0.25) is 0 Å². The third kappa shape index (κ3) is 1.02. The van der Waals surface area contributed by atoms with Crippen LogP contribution in [0.3, 0.4) is 0 Å². The summed E-state index contributed by atoms with van der Waals surface area (Å²) in [6, 6.07) is 0. The first-order chi connectivity index (χ1) is 3.79. The van der Waals surface area contributed by atoms with Gasteiger partial charge >= 0.3 is 0 Å². The lowest BCUT2D eigenvalue weighted by Crippen LogP contribution is -2.22.